The van der Waals surface area contributed by atoms with Gasteiger partial charge < -0.3 is 24.6 Å². The average molecular weight is 608 g/mol. The predicted octanol–water partition coefficient (Wildman–Crippen LogP) is 4.47. The molecule has 2 heterocycles. The molecule has 2 fully saturated rings. The Bertz CT molecular complexity index is 1660. The first-order chi connectivity index (χ1) is 21.6. The van der Waals surface area contributed by atoms with Crippen molar-refractivity contribution < 1.29 is 34.2 Å². The summed E-state index contributed by atoms with van der Waals surface area (Å²) in [6, 6.07) is 19.8. The molecule has 3 N–H and O–H groups in total. The number of aryl methyl sites for hydroxylation is 2. The summed E-state index contributed by atoms with van der Waals surface area (Å²) in [5.41, 5.74) is 6.51. The Morgan fingerprint density at radius 2 is 1.73 bits per heavy atom. The van der Waals surface area contributed by atoms with Crippen molar-refractivity contribution in [1.82, 2.24) is 0 Å². The van der Waals surface area contributed by atoms with E-state index < -0.39 is 19.0 Å². The summed E-state index contributed by atoms with van der Waals surface area (Å²) in [5.74, 6) is -0.865. The van der Waals surface area contributed by atoms with Gasteiger partial charge in [-0.15, -0.1) is 0 Å². The van der Waals surface area contributed by atoms with E-state index in [2.05, 4.69) is 13.0 Å². The summed E-state index contributed by atoms with van der Waals surface area (Å²) in [7, 11) is -1.71. The number of allylic oxidation sites excluding steroid dienone is 1. The minimum atomic E-state index is -1.71. The molecular formula is C36H38BNO7. The van der Waals surface area contributed by atoms with E-state index in [-0.39, 0.29) is 29.3 Å². The van der Waals surface area contributed by atoms with Gasteiger partial charge in [-0.1, -0.05) is 42.0 Å². The number of phenols is 1. The van der Waals surface area contributed by atoms with E-state index in [1.54, 1.807) is 18.2 Å². The van der Waals surface area contributed by atoms with Gasteiger partial charge in [0, 0.05) is 5.92 Å². The highest BCUT2D eigenvalue weighted by atomic mass is 16.5. The first-order valence-electron chi connectivity index (χ1n) is 15.4. The van der Waals surface area contributed by atoms with Crippen molar-refractivity contribution >= 4 is 36.2 Å². The van der Waals surface area contributed by atoms with Crippen LogP contribution in [0.15, 0.2) is 83.4 Å². The van der Waals surface area contributed by atoms with Gasteiger partial charge in [0.05, 0.1) is 30.2 Å². The van der Waals surface area contributed by atoms with Crippen molar-refractivity contribution in [2.45, 2.75) is 46.1 Å². The molecule has 6 rings (SSSR count). The third-order valence-corrected chi connectivity index (χ3v) is 9.32. The van der Waals surface area contributed by atoms with Gasteiger partial charge >= 0.3 is 7.12 Å². The van der Waals surface area contributed by atoms with E-state index in [1.807, 2.05) is 56.3 Å². The Morgan fingerprint density at radius 1 is 1.00 bits per heavy atom. The summed E-state index contributed by atoms with van der Waals surface area (Å²) in [5, 5.41) is 29.5. The number of ether oxygens (including phenoxy) is 2. The van der Waals surface area contributed by atoms with Crippen molar-refractivity contribution in [3.8, 4) is 11.5 Å². The second kappa shape index (κ2) is 12.7. The lowest BCUT2D eigenvalue weighted by atomic mass is 9.69. The highest BCUT2D eigenvalue weighted by Gasteiger charge is 2.57. The Morgan fingerprint density at radius 3 is 2.44 bits per heavy atom. The van der Waals surface area contributed by atoms with Gasteiger partial charge in [0.1, 0.15) is 18.1 Å². The molecule has 2 amide bonds. The van der Waals surface area contributed by atoms with Crippen LogP contribution >= 0.6 is 0 Å². The molecule has 3 aliphatic rings. The third kappa shape index (κ3) is 6.08. The van der Waals surface area contributed by atoms with Crippen LogP contribution in [0.2, 0.25) is 0 Å². The normalized spacial score (nSPS) is 23.0. The molecule has 45 heavy (non-hydrogen) atoms. The number of fused-ring (bicyclic) bond motifs is 3. The first-order valence-corrected chi connectivity index (χ1v) is 15.4. The number of anilines is 1. The number of aromatic hydroxyl groups is 1. The summed E-state index contributed by atoms with van der Waals surface area (Å²) in [4.78, 5) is 29.0. The molecule has 0 aromatic heterocycles. The summed E-state index contributed by atoms with van der Waals surface area (Å²) >= 11 is 0. The van der Waals surface area contributed by atoms with E-state index in [4.69, 9.17) is 9.47 Å². The number of nitrogens with zero attached hydrogens (tertiary/aromatic N) is 1. The highest BCUT2D eigenvalue weighted by molar-refractivity contribution is 6.58. The number of benzene rings is 3. The summed E-state index contributed by atoms with van der Waals surface area (Å²) in [6.45, 7) is 6.52. The van der Waals surface area contributed by atoms with Crippen LogP contribution in [0.4, 0.5) is 5.69 Å². The Balaban J connectivity index is 1.27. The molecule has 0 saturated carbocycles. The molecule has 0 spiro atoms. The lowest BCUT2D eigenvalue weighted by Crippen LogP contribution is -2.36. The number of para-hydroxylation sites is 1. The van der Waals surface area contributed by atoms with Crippen molar-refractivity contribution in [2.24, 2.45) is 17.8 Å². The van der Waals surface area contributed by atoms with Crippen LogP contribution in [-0.4, -0.2) is 53.4 Å². The molecule has 0 radical (unpaired) electrons. The van der Waals surface area contributed by atoms with Crippen LogP contribution in [-0.2, 0) is 14.3 Å². The minimum Gasteiger partial charge on any atom is -0.507 e. The molecule has 9 heteroatoms. The SMILES string of the molecule is C/C(=C\c1cc(C)c(O)c(C)c1)CC[C@H]1OC[C@H]2C1=C(COc1ccccc1)C[C@H]1C(=O)N(c3cccc(B(O)O)c3)C(=O)[C@H]12. The second-order valence-corrected chi connectivity index (χ2v) is 12.4. The fourth-order valence-corrected chi connectivity index (χ4v) is 7.16. The van der Waals surface area contributed by atoms with Gasteiger partial charge in [0.2, 0.25) is 11.8 Å². The van der Waals surface area contributed by atoms with Crippen LogP contribution in [0.25, 0.3) is 6.08 Å². The summed E-state index contributed by atoms with van der Waals surface area (Å²) in [6.07, 6.45) is 3.81. The maximum Gasteiger partial charge on any atom is 0.488 e. The monoisotopic (exact) mass is 607 g/mol. The molecule has 0 bridgehead atoms. The third-order valence-electron chi connectivity index (χ3n) is 9.32. The predicted molar refractivity (Wildman–Crippen MR) is 173 cm³/mol. The largest absolute Gasteiger partial charge is 0.507 e. The number of phenolic OH excluding ortho intramolecular Hbond substituents is 1. The number of rotatable bonds is 9. The topological polar surface area (TPSA) is 117 Å². The number of hydrogen-bond donors (Lipinski definition) is 3. The minimum absolute atomic E-state index is 0.207. The Hall–Kier alpha value is -4.18. The van der Waals surface area contributed by atoms with E-state index in [0.717, 1.165) is 46.4 Å². The van der Waals surface area contributed by atoms with E-state index in [0.29, 0.717) is 31.1 Å². The number of carbonyl (C=O) groups excluding carboxylic acids is 2. The van der Waals surface area contributed by atoms with Crippen LogP contribution in [0, 0.1) is 31.6 Å². The van der Waals surface area contributed by atoms with E-state index in [1.165, 1.54) is 16.5 Å². The van der Waals surface area contributed by atoms with Gasteiger partial charge in [-0.25, -0.2) is 0 Å². The second-order valence-electron chi connectivity index (χ2n) is 12.4. The number of imide groups is 1. The van der Waals surface area contributed by atoms with Crippen molar-refractivity contribution in [3.63, 3.8) is 0 Å². The number of carbonyl (C=O) groups is 2. The quantitative estimate of drug-likeness (QED) is 0.187. The van der Waals surface area contributed by atoms with Crippen LogP contribution in [0.5, 0.6) is 11.5 Å². The Kier molecular flexibility index (Phi) is 8.68. The van der Waals surface area contributed by atoms with Crippen LogP contribution in [0.1, 0.15) is 42.9 Å². The van der Waals surface area contributed by atoms with Crippen LogP contribution in [0.3, 0.4) is 0 Å². The van der Waals surface area contributed by atoms with E-state index >= 15 is 0 Å². The van der Waals surface area contributed by atoms with Gasteiger partial charge in [-0.2, -0.15) is 0 Å². The Labute approximate surface area is 263 Å². The zero-order valence-electron chi connectivity index (χ0n) is 25.8. The van der Waals surface area contributed by atoms with Crippen molar-refractivity contribution in [1.29, 1.82) is 0 Å². The van der Waals surface area contributed by atoms with E-state index in [9.17, 15) is 24.7 Å². The standard InChI is InChI=1S/C36H38BNO7/c1-21(14-24-15-22(2)34(39)23(3)16-24)12-13-31-32-25(19-44-28-10-5-4-6-11-28)17-29-33(30(32)20-45-31)36(41)38(35(29)40)27-9-7-8-26(18-27)37(42)43/h4-11,14-16,18,29-31,33,39,42-43H,12-13,17,19-20H2,1-3H3/b21-14+/t29-,30+,31-,33-/m1/s1. The maximum atomic E-state index is 14.0. The maximum absolute atomic E-state index is 14.0. The molecule has 2 saturated heterocycles. The van der Waals surface area contributed by atoms with Gasteiger partial charge in [-0.05, 0) is 110 Å². The van der Waals surface area contributed by atoms with Crippen molar-refractivity contribution in [2.75, 3.05) is 18.1 Å². The molecule has 2 aliphatic heterocycles. The number of amides is 2. The molecule has 8 nitrogen and oxygen atoms in total. The molecular weight excluding hydrogens is 569 g/mol. The van der Waals surface area contributed by atoms with Gasteiger partial charge in [0.25, 0.3) is 0 Å². The highest BCUT2D eigenvalue weighted by Crippen LogP contribution is 2.50. The fraction of sp³-hybridized carbons (Fsp3) is 0.333. The average Bonchev–Trinajstić information content (AvgIpc) is 3.56. The van der Waals surface area contributed by atoms with Gasteiger partial charge in [0.15, 0.2) is 0 Å². The zero-order chi connectivity index (χ0) is 31.8. The molecule has 3 aromatic carbocycles. The lowest BCUT2D eigenvalue weighted by molar-refractivity contribution is -0.122. The van der Waals surface area contributed by atoms with Gasteiger partial charge in [-0.3, -0.25) is 14.5 Å². The van der Waals surface area contributed by atoms with Crippen molar-refractivity contribution in [3.05, 3.63) is 100 Å². The molecule has 1 aliphatic carbocycles. The molecule has 232 valence electrons. The smallest absolute Gasteiger partial charge is 0.488 e. The number of hydrogen-bond acceptors (Lipinski definition) is 7. The molecule has 4 atom stereocenters. The zero-order valence-corrected chi connectivity index (χ0v) is 25.8. The molecule has 3 aromatic rings. The first kappa shape index (κ1) is 30.8. The fourth-order valence-electron chi connectivity index (χ4n) is 7.16. The summed E-state index contributed by atoms with van der Waals surface area (Å²) < 4.78 is 12.6. The molecule has 0 unspecified atom stereocenters. The van der Waals surface area contributed by atoms with Crippen LogP contribution < -0.4 is 15.1 Å². The lowest BCUT2D eigenvalue weighted by Gasteiger charge is -2.31.